The summed E-state index contributed by atoms with van der Waals surface area (Å²) in [6.07, 6.45) is -5.72. The first-order valence-electron chi connectivity index (χ1n) is 11.1. The molecule has 2 atom stereocenters. The molecule has 2 aromatic heterocycles. The van der Waals surface area contributed by atoms with E-state index in [1.807, 2.05) is 0 Å². The number of nitrogens with zero attached hydrogens (tertiary/aromatic N) is 3. The van der Waals surface area contributed by atoms with Crippen molar-refractivity contribution in [2.75, 3.05) is 23.7 Å². The molecule has 0 amide bonds. The SMILES string of the molecule is Nc1nc(N2C[C@@H]3C[C@H]2CN3)c2oc3ccc(C(F)(F)F)cc3c2n1.O=C(O)CC(O)(CC(=O)O)C(=O)O. The van der Waals surface area contributed by atoms with E-state index in [-0.39, 0.29) is 12.0 Å². The zero-order chi connectivity index (χ0) is 28.0. The molecule has 0 radical (unpaired) electrons. The first-order chi connectivity index (χ1) is 17.7. The Morgan fingerprint density at radius 2 is 1.79 bits per heavy atom. The molecule has 4 heterocycles. The van der Waals surface area contributed by atoms with Crippen molar-refractivity contribution >= 4 is 51.7 Å². The van der Waals surface area contributed by atoms with Crippen LogP contribution in [0.1, 0.15) is 24.8 Å². The van der Waals surface area contributed by atoms with Gasteiger partial charge in [-0.2, -0.15) is 18.2 Å². The van der Waals surface area contributed by atoms with Gasteiger partial charge in [-0.15, -0.1) is 0 Å². The van der Waals surface area contributed by atoms with Crippen molar-refractivity contribution in [2.24, 2.45) is 0 Å². The number of piperazine rings is 1. The number of hydrogen-bond donors (Lipinski definition) is 6. The summed E-state index contributed by atoms with van der Waals surface area (Å²) in [7, 11) is 0. The van der Waals surface area contributed by atoms with Crippen molar-refractivity contribution in [1.29, 1.82) is 0 Å². The molecule has 2 bridgehead atoms. The minimum Gasteiger partial charge on any atom is -0.481 e. The normalized spacial score (nSPS) is 19.0. The van der Waals surface area contributed by atoms with Crippen LogP contribution in [0.3, 0.4) is 0 Å². The van der Waals surface area contributed by atoms with Gasteiger partial charge in [0, 0.05) is 30.6 Å². The molecule has 0 spiro atoms. The van der Waals surface area contributed by atoms with E-state index in [0.717, 1.165) is 31.6 Å². The maximum atomic E-state index is 13.0. The fourth-order valence-corrected chi connectivity index (χ4v) is 4.55. The minimum atomic E-state index is -4.43. The smallest absolute Gasteiger partial charge is 0.416 e. The number of furan rings is 1. The van der Waals surface area contributed by atoms with Gasteiger partial charge >= 0.3 is 24.1 Å². The molecule has 2 aliphatic rings. The van der Waals surface area contributed by atoms with E-state index in [4.69, 9.17) is 30.6 Å². The fraction of sp³-hybridized carbons (Fsp3) is 0.409. The largest absolute Gasteiger partial charge is 0.481 e. The number of rotatable bonds is 6. The van der Waals surface area contributed by atoms with E-state index in [9.17, 15) is 27.6 Å². The van der Waals surface area contributed by atoms with Crippen LogP contribution in [0.4, 0.5) is 24.9 Å². The van der Waals surface area contributed by atoms with Crippen molar-refractivity contribution in [3.05, 3.63) is 23.8 Å². The highest BCUT2D eigenvalue weighted by Crippen LogP contribution is 2.39. The number of benzene rings is 1. The van der Waals surface area contributed by atoms with E-state index >= 15 is 0 Å². The van der Waals surface area contributed by atoms with Crippen LogP contribution in [0.15, 0.2) is 22.6 Å². The van der Waals surface area contributed by atoms with Gasteiger partial charge in [0.15, 0.2) is 17.0 Å². The van der Waals surface area contributed by atoms with Gasteiger partial charge in [-0.25, -0.2) is 9.78 Å². The lowest BCUT2D eigenvalue weighted by molar-refractivity contribution is -0.170. The summed E-state index contributed by atoms with van der Waals surface area (Å²) in [5, 5.41) is 37.5. The van der Waals surface area contributed by atoms with Crippen molar-refractivity contribution in [3.8, 4) is 0 Å². The van der Waals surface area contributed by atoms with Crippen molar-refractivity contribution in [3.63, 3.8) is 0 Å². The number of alkyl halides is 3. The summed E-state index contributed by atoms with van der Waals surface area (Å²) in [6, 6.07) is 4.04. The molecule has 38 heavy (non-hydrogen) atoms. The highest BCUT2D eigenvalue weighted by Gasteiger charge is 2.41. The van der Waals surface area contributed by atoms with Crippen LogP contribution >= 0.6 is 0 Å². The molecule has 0 unspecified atom stereocenters. The average Bonchev–Trinajstić information content (AvgIpc) is 3.51. The Hall–Kier alpha value is -4.18. The molecule has 204 valence electrons. The van der Waals surface area contributed by atoms with E-state index in [1.54, 1.807) is 0 Å². The summed E-state index contributed by atoms with van der Waals surface area (Å²) >= 11 is 0. The fourth-order valence-electron chi connectivity index (χ4n) is 4.55. The number of nitrogens with two attached hydrogens (primary N) is 1. The van der Waals surface area contributed by atoms with Crippen LogP contribution in [-0.4, -0.2) is 79.1 Å². The minimum absolute atomic E-state index is 0.0262. The average molecular weight is 541 g/mol. The Balaban J connectivity index is 0.000000222. The van der Waals surface area contributed by atoms with Gasteiger partial charge in [-0.1, -0.05) is 0 Å². The number of fused-ring (bicyclic) bond motifs is 5. The van der Waals surface area contributed by atoms with E-state index < -0.39 is 48.1 Å². The van der Waals surface area contributed by atoms with Gasteiger partial charge in [0.1, 0.15) is 11.1 Å². The zero-order valence-electron chi connectivity index (χ0n) is 19.4. The molecule has 13 nitrogen and oxygen atoms in total. The molecule has 0 saturated carbocycles. The lowest BCUT2D eigenvalue weighted by Crippen LogP contribution is -2.44. The predicted molar refractivity (Wildman–Crippen MR) is 123 cm³/mol. The molecular weight excluding hydrogens is 519 g/mol. The quantitative estimate of drug-likeness (QED) is 0.260. The second-order valence-corrected chi connectivity index (χ2v) is 9.02. The summed E-state index contributed by atoms with van der Waals surface area (Å²) in [6.45, 7) is 1.61. The number of hydrogen-bond acceptors (Lipinski definition) is 10. The number of carboxylic acids is 3. The van der Waals surface area contributed by atoms with Crippen LogP contribution in [-0.2, 0) is 20.6 Å². The Kier molecular flexibility index (Phi) is 6.79. The molecular formula is C22H22F3N5O8. The molecule has 1 aromatic carbocycles. The highest BCUT2D eigenvalue weighted by atomic mass is 19.4. The van der Waals surface area contributed by atoms with Crippen molar-refractivity contribution < 1.29 is 52.4 Å². The van der Waals surface area contributed by atoms with E-state index in [1.165, 1.54) is 6.07 Å². The Morgan fingerprint density at radius 3 is 2.29 bits per heavy atom. The maximum Gasteiger partial charge on any atom is 0.416 e. The summed E-state index contributed by atoms with van der Waals surface area (Å²) in [4.78, 5) is 41.1. The Morgan fingerprint density at radius 1 is 1.13 bits per heavy atom. The number of carboxylic acid groups (broad SMARTS) is 3. The molecule has 0 aliphatic carbocycles. The van der Waals surface area contributed by atoms with Crippen LogP contribution in [0.5, 0.6) is 0 Å². The van der Waals surface area contributed by atoms with Crippen LogP contribution < -0.4 is 16.0 Å². The number of aliphatic hydroxyl groups is 1. The highest BCUT2D eigenvalue weighted by molar-refractivity contribution is 6.06. The number of nitrogens with one attached hydrogen (secondary N) is 1. The topological polar surface area (TPSA) is 212 Å². The van der Waals surface area contributed by atoms with Crippen LogP contribution in [0.2, 0.25) is 0 Å². The number of anilines is 2. The molecule has 2 aliphatic heterocycles. The van der Waals surface area contributed by atoms with Crippen LogP contribution in [0, 0.1) is 0 Å². The lowest BCUT2D eigenvalue weighted by atomic mass is 9.96. The second kappa shape index (κ2) is 9.60. The third-order valence-electron chi connectivity index (χ3n) is 6.25. The van der Waals surface area contributed by atoms with Gasteiger partial charge in [0.2, 0.25) is 5.95 Å². The summed E-state index contributed by atoms with van der Waals surface area (Å²) in [5.74, 6) is -4.44. The third-order valence-corrected chi connectivity index (χ3v) is 6.25. The van der Waals surface area contributed by atoms with Crippen molar-refractivity contribution in [2.45, 2.75) is 43.1 Å². The number of aliphatic carboxylic acids is 3. The molecule has 3 aromatic rings. The lowest BCUT2D eigenvalue weighted by Gasteiger charge is -2.28. The number of halogens is 3. The summed E-state index contributed by atoms with van der Waals surface area (Å²) < 4.78 is 44.9. The number of carbonyl (C=O) groups is 3. The van der Waals surface area contributed by atoms with E-state index in [2.05, 4.69) is 20.2 Å². The number of aromatic nitrogens is 2. The molecule has 16 heteroatoms. The zero-order valence-corrected chi connectivity index (χ0v) is 19.4. The second-order valence-electron chi connectivity index (χ2n) is 9.02. The summed E-state index contributed by atoms with van der Waals surface area (Å²) in [5.41, 5.74) is 3.40. The van der Waals surface area contributed by atoms with Gasteiger partial charge in [-0.3, -0.25) is 9.59 Å². The molecule has 2 fully saturated rings. The molecule has 2 saturated heterocycles. The Bertz CT molecular complexity index is 1410. The Labute approximate surface area is 210 Å². The van der Waals surface area contributed by atoms with Gasteiger partial charge in [0.25, 0.3) is 0 Å². The van der Waals surface area contributed by atoms with Gasteiger partial charge in [0.05, 0.1) is 18.4 Å². The van der Waals surface area contributed by atoms with Crippen molar-refractivity contribution in [1.82, 2.24) is 15.3 Å². The van der Waals surface area contributed by atoms with E-state index in [0.29, 0.717) is 33.9 Å². The van der Waals surface area contributed by atoms with Gasteiger partial charge < -0.3 is 40.8 Å². The maximum absolute atomic E-state index is 13.0. The molecule has 5 rings (SSSR count). The monoisotopic (exact) mass is 541 g/mol. The van der Waals surface area contributed by atoms with Gasteiger partial charge in [-0.05, 0) is 24.6 Å². The standard InChI is InChI=1S/C16H14F3N5O.C6H8O7/c17-16(18,19)7-1-2-11-10(3-7)12-13(25-11)14(23-15(20)22-12)24-6-8-4-9(24)5-21-8;7-3(8)1-6(13,5(11)12)2-4(9)10/h1-3,8-9,21H,4-6H2,(H2,20,22,23);13H,1-2H2,(H,7,8)(H,9,10)(H,11,12)/t8-,9-;/m0./s1. The first-order valence-corrected chi connectivity index (χ1v) is 11.1. The van der Waals surface area contributed by atoms with Crippen LogP contribution in [0.25, 0.3) is 22.1 Å². The molecule has 7 N–H and O–H groups in total. The third kappa shape index (κ3) is 5.26. The first kappa shape index (κ1) is 26.9. The predicted octanol–water partition coefficient (Wildman–Crippen LogP) is 1.28. The number of nitrogen functional groups attached to an aromatic ring is 1.